The van der Waals surface area contributed by atoms with Crippen molar-refractivity contribution in [2.45, 2.75) is 58.3 Å². The van der Waals surface area contributed by atoms with Crippen LogP contribution in [0, 0.1) is 5.92 Å². The number of amides is 1. The lowest BCUT2D eigenvalue weighted by Gasteiger charge is -2.46. The van der Waals surface area contributed by atoms with Crippen molar-refractivity contribution in [3.63, 3.8) is 0 Å². The van der Waals surface area contributed by atoms with E-state index >= 15 is 0 Å². The third-order valence-corrected chi connectivity index (χ3v) is 5.10. The van der Waals surface area contributed by atoms with Crippen LogP contribution in [-0.4, -0.2) is 71.7 Å². The maximum absolute atomic E-state index is 12.5. The fourth-order valence-corrected chi connectivity index (χ4v) is 3.93. The first-order valence-corrected chi connectivity index (χ1v) is 9.43. The van der Waals surface area contributed by atoms with Crippen LogP contribution in [0.3, 0.4) is 0 Å². The number of ether oxygens (including phenoxy) is 2. The van der Waals surface area contributed by atoms with E-state index in [0.29, 0.717) is 19.5 Å². The van der Waals surface area contributed by atoms with E-state index in [9.17, 15) is 9.59 Å². The van der Waals surface area contributed by atoms with Crippen LogP contribution in [0.4, 0.5) is 4.79 Å². The normalized spacial score (nSPS) is 29.0. The van der Waals surface area contributed by atoms with Crippen LogP contribution in [-0.2, 0) is 19.1 Å². The Kier molecular flexibility index (Phi) is 5.14. The highest BCUT2D eigenvalue weighted by molar-refractivity contribution is 6.37. The minimum atomic E-state index is -0.656. The number of hydrogen-bond donors (Lipinski definition) is 0. The van der Waals surface area contributed by atoms with E-state index < -0.39 is 17.3 Å². The molecule has 146 valence electrons. The topological polar surface area (TPSA) is 80.7 Å². The summed E-state index contributed by atoms with van der Waals surface area (Å²) in [7, 11) is 0. The summed E-state index contributed by atoms with van der Waals surface area (Å²) in [4.78, 5) is 34.7. The Morgan fingerprint density at radius 2 is 1.96 bits per heavy atom. The molecule has 3 aliphatic heterocycles. The quantitative estimate of drug-likeness (QED) is 0.710. The van der Waals surface area contributed by atoms with Crippen molar-refractivity contribution in [1.29, 1.82) is 0 Å². The number of fused-ring (bicyclic) bond motifs is 1. The number of likely N-dealkylation sites (tertiary alicyclic amines) is 2. The molecule has 0 radical (unpaired) electrons. The number of piperidine rings is 1. The molecular weight excluding hydrogens is 338 g/mol. The standard InChI is InChI=1S/C18H29N3O5/c1-5-24-15(22)14-13-12-20(16(23)25-17(2,3)4)11-8-18(13,26-19-14)21-9-6-7-10-21/h13H,5-12H2,1-4H3. The van der Waals surface area contributed by atoms with Gasteiger partial charge in [0.15, 0.2) is 5.71 Å². The Hall–Kier alpha value is -1.83. The molecule has 2 unspecified atom stereocenters. The predicted octanol–water partition coefficient (Wildman–Crippen LogP) is 1.98. The number of carbonyl (C=O) groups is 2. The largest absolute Gasteiger partial charge is 0.461 e. The molecular formula is C18H29N3O5. The fourth-order valence-electron chi connectivity index (χ4n) is 3.93. The molecule has 0 spiro atoms. The minimum Gasteiger partial charge on any atom is -0.461 e. The van der Waals surface area contributed by atoms with Gasteiger partial charge in [-0.05, 0) is 40.5 Å². The molecule has 0 aromatic rings. The van der Waals surface area contributed by atoms with Gasteiger partial charge in [-0.15, -0.1) is 0 Å². The van der Waals surface area contributed by atoms with Gasteiger partial charge < -0.3 is 19.2 Å². The first-order chi connectivity index (χ1) is 12.3. The highest BCUT2D eigenvalue weighted by atomic mass is 16.7. The molecule has 3 heterocycles. The molecule has 2 atom stereocenters. The first-order valence-electron chi connectivity index (χ1n) is 9.43. The fraction of sp³-hybridized carbons (Fsp3) is 0.833. The van der Waals surface area contributed by atoms with Crippen LogP contribution < -0.4 is 0 Å². The van der Waals surface area contributed by atoms with Gasteiger partial charge in [-0.2, -0.15) is 0 Å². The zero-order valence-corrected chi connectivity index (χ0v) is 16.1. The molecule has 2 saturated heterocycles. The number of oxime groups is 1. The highest BCUT2D eigenvalue weighted by Gasteiger charge is 2.58. The summed E-state index contributed by atoms with van der Waals surface area (Å²) < 4.78 is 10.7. The van der Waals surface area contributed by atoms with Crippen LogP contribution >= 0.6 is 0 Å². The SMILES string of the molecule is CCOC(=O)C1=NOC2(N3CCCC3)CCN(C(=O)OC(C)(C)C)CC12. The summed E-state index contributed by atoms with van der Waals surface area (Å²) in [5, 5.41) is 4.11. The van der Waals surface area contributed by atoms with Gasteiger partial charge in [-0.1, -0.05) is 5.16 Å². The molecule has 0 aromatic heterocycles. The summed E-state index contributed by atoms with van der Waals surface area (Å²) in [6, 6.07) is 0. The van der Waals surface area contributed by atoms with Crippen molar-refractivity contribution < 1.29 is 23.9 Å². The Balaban J connectivity index is 1.81. The third kappa shape index (κ3) is 3.51. The van der Waals surface area contributed by atoms with Gasteiger partial charge in [0.2, 0.25) is 5.72 Å². The van der Waals surface area contributed by atoms with Gasteiger partial charge in [0.05, 0.1) is 12.5 Å². The third-order valence-electron chi connectivity index (χ3n) is 5.10. The Morgan fingerprint density at radius 1 is 1.27 bits per heavy atom. The number of carbonyl (C=O) groups excluding carboxylic acids is 2. The van der Waals surface area contributed by atoms with Crippen molar-refractivity contribution >= 4 is 17.8 Å². The van der Waals surface area contributed by atoms with Gasteiger partial charge >= 0.3 is 12.1 Å². The van der Waals surface area contributed by atoms with Gasteiger partial charge in [0, 0.05) is 32.6 Å². The number of esters is 1. The Bertz CT molecular complexity index is 594. The van der Waals surface area contributed by atoms with Gasteiger partial charge in [0.1, 0.15) is 5.60 Å². The first kappa shape index (κ1) is 18.9. The Morgan fingerprint density at radius 3 is 2.58 bits per heavy atom. The van der Waals surface area contributed by atoms with Crippen molar-refractivity contribution in [2.24, 2.45) is 11.1 Å². The molecule has 26 heavy (non-hydrogen) atoms. The maximum atomic E-state index is 12.5. The molecule has 0 bridgehead atoms. The molecule has 8 heteroatoms. The van der Waals surface area contributed by atoms with Gasteiger partial charge in [-0.25, -0.2) is 9.59 Å². The summed E-state index contributed by atoms with van der Waals surface area (Å²) in [5.41, 5.74) is -0.950. The van der Waals surface area contributed by atoms with Crippen LogP contribution in [0.5, 0.6) is 0 Å². The average Bonchev–Trinajstić information content (AvgIpc) is 3.21. The maximum Gasteiger partial charge on any atom is 0.410 e. The second kappa shape index (κ2) is 7.06. The molecule has 3 rings (SSSR count). The van der Waals surface area contributed by atoms with Crippen LogP contribution in [0.25, 0.3) is 0 Å². The molecule has 0 saturated carbocycles. The molecule has 0 aliphatic carbocycles. The summed E-state index contributed by atoms with van der Waals surface area (Å²) >= 11 is 0. The predicted molar refractivity (Wildman–Crippen MR) is 94.6 cm³/mol. The molecule has 0 N–H and O–H groups in total. The molecule has 0 aromatic carbocycles. The number of hydrogen-bond acceptors (Lipinski definition) is 7. The lowest BCUT2D eigenvalue weighted by atomic mass is 9.84. The van der Waals surface area contributed by atoms with E-state index in [2.05, 4.69) is 10.1 Å². The van der Waals surface area contributed by atoms with E-state index in [0.717, 1.165) is 25.9 Å². The minimum absolute atomic E-state index is 0.270. The molecule has 3 aliphatic rings. The van der Waals surface area contributed by atoms with E-state index in [-0.39, 0.29) is 24.3 Å². The summed E-state index contributed by atoms with van der Waals surface area (Å²) in [6.45, 7) is 10.2. The summed E-state index contributed by atoms with van der Waals surface area (Å²) in [5.74, 6) is -0.800. The molecule has 2 fully saturated rings. The Labute approximate surface area is 154 Å². The lowest BCUT2D eigenvalue weighted by Crippen LogP contribution is -2.62. The van der Waals surface area contributed by atoms with E-state index in [1.165, 1.54) is 0 Å². The number of rotatable bonds is 3. The second-order valence-corrected chi connectivity index (χ2v) is 8.06. The zero-order valence-electron chi connectivity index (χ0n) is 16.1. The van der Waals surface area contributed by atoms with E-state index in [1.807, 2.05) is 20.8 Å². The van der Waals surface area contributed by atoms with Crippen LogP contribution in [0.2, 0.25) is 0 Å². The van der Waals surface area contributed by atoms with Crippen LogP contribution in [0.15, 0.2) is 5.16 Å². The van der Waals surface area contributed by atoms with Gasteiger partial charge in [0.25, 0.3) is 0 Å². The van der Waals surface area contributed by atoms with Crippen molar-refractivity contribution in [2.75, 3.05) is 32.8 Å². The molecule has 8 nitrogen and oxygen atoms in total. The second-order valence-electron chi connectivity index (χ2n) is 8.06. The smallest absolute Gasteiger partial charge is 0.410 e. The number of nitrogens with zero attached hydrogens (tertiary/aromatic N) is 3. The van der Waals surface area contributed by atoms with Crippen molar-refractivity contribution in [3.8, 4) is 0 Å². The lowest BCUT2D eigenvalue weighted by molar-refractivity contribution is -0.175. The average molecular weight is 367 g/mol. The van der Waals surface area contributed by atoms with Crippen molar-refractivity contribution in [1.82, 2.24) is 9.80 Å². The van der Waals surface area contributed by atoms with E-state index in [4.69, 9.17) is 14.3 Å². The van der Waals surface area contributed by atoms with Crippen LogP contribution in [0.1, 0.15) is 47.0 Å². The van der Waals surface area contributed by atoms with Crippen molar-refractivity contribution in [3.05, 3.63) is 0 Å². The highest BCUT2D eigenvalue weighted by Crippen LogP contribution is 2.42. The monoisotopic (exact) mass is 367 g/mol. The van der Waals surface area contributed by atoms with E-state index in [1.54, 1.807) is 11.8 Å². The molecule has 1 amide bonds. The summed E-state index contributed by atoms with van der Waals surface area (Å²) in [6.07, 6.45) is 2.41. The zero-order chi connectivity index (χ0) is 18.9. The van der Waals surface area contributed by atoms with Gasteiger partial charge in [-0.3, -0.25) is 4.90 Å².